The molecule has 0 spiro atoms. The fraction of sp³-hybridized carbons (Fsp3) is 0.158. The summed E-state index contributed by atoms with van der Waals surface area (Å²) in [5, 5.41) is -0.0797. The van der Waals surface area contributed by atoms with Crippen LogP contribution in [0.15, 0.2) is 47.4 Å². The maximum absolute atomic E-state index is 13.9. The van der Waals surface area contributed by atoms with Gasteiger partial charge in [0.05, 0.1) is 23.6 Å². The first-order valence-electron chi connectivity index (χ1n) is 7.85. The van der Waals surface area contributed by atoms with Crippen LogP contribution in [0.4, 0.5) is 8.78 Å². The van der Waals surface area contributed by atoms with Crippen molar-refractivity contribution in [3.05, 3.63) is 75.0 Å². The van der Waals surface area contributed by atoms with Crippen LogP contribution in [0.1, 0.15) is 12.5 Å². The average molecular weight is 378 g/mol. The Balaban J connectivity index is 2.28. The third kappa shape index (κ3) is 3.46. The molecule has 7 heteroatoms. The van der Waals surface area contributed by atoms with Crippen molar-refractivity contribution in [2.75, 3.05) is 6.61 Å². The second-order valence-electron chi connectivity index (χ2n) is 5.60. The lowest BCUT2D eigenvalue weighted by Gasteiger charge is -2.14. The maximum atomic E-state index is 13.9. The van der Waals surface area contributed by atoms with Gasteiger partial charge in [-0.25, -0.2) is 8.78 Å². The summed E-state index contributed by atoms with van der Waals surface area (Å²) in [6.45, 7) is 1.84. The topological polar surface area (TPSA) is 48.3 Å². The number of carbonyl (C=O) groups excluding carboxylic acids is 1. The van der Waals surface area contributed by atoms with E-state index in [4.69, 9.17) is 16.3 Å². The number of carbonyl (C=O) groups is 1. The second-order valence-corrected chi connectivity index (χ2v) is 6.00. The van der Waals surface area contributed by atoms with Gasteiger partial charge in [-0.3, -0.25) is 9.59 Å². The van der Waals surface area contributed by atoms with E-state index in [9.17, 15) is 18.4 Å². The molecule has 134 valence electrons. The Labute approximate surface area is 152 Å². The van der Waals surface area contributed by atoms with E-state index in [1.165, 1.54) is 36.5 Å². The number of benzene rings is 2. The molecular formula is C19H14ClF2NO3. The molecule has 0 saturated heterocycles. The molecule has 0 unspecified atom stereocenters. The van der Waals surface area contributed by atoms with Gasteiger partial charge in [0.25, 0.3) is 0 Å². The highest BCUT2D eigenvalue weighted by Crippen LogP contribution is 2.24. The van der Waals surface area contributed by atoms with Gasteiger partial charge in [0.15, 0.2) is 5.43 Å². The van der Waals surface area contributed by atoms with Gasteiger partial charge in [-0.15, -0.1) is 0 Å². The van der Waals surface area contributed by atoms with E-state index in [-0.39, 0.29) is 29.0 Å². The first-order chi connectivity index (χ1) is 12.4. The average Bonchev–Trinajstić information content (AvgIpc) is 2.60. The highest BCUT2D eigenvalue weighted by atomic mass is 35.5. The molecule has 0 aliphatic carbocycles. The molecule has 2 aromatic carbocycles. The quantitative estimate of drug-likeness (QED) is 0.645. The number of nitrogens with zero attached hydrogens (tertiary/aromatic N) is 1. The van der Waals surface area contributed by atoms with Crippen LogP contribution in [0.25, 0.3) is 16.6 Å². The first kappa shape index (κ1) is 18.1. The molecular weight excluding hydrogens is 364 g/mol. The van der Waals surface area contributed by atoms with E-state index in [1.807, 2.05) is 0 Å². The molecule has 1 heterocycles. The fourth-order valence-corrected chi connectivity index (χ4v) is 2.84. The van der Waals surface area contributed by atoms with Crippen LogP contribution in [0.3, 0.4) is 0 Å². The third-order valence-electron chi connectivity index (χ3n) is 3.86. The van der Waals surface area contributed by atoms with Crippen LogP contribution in [0, 0.1) is 11.6 Å². The summed E-state index contributed by atoms with van der Waals surface area (Å²) >= 11 is 5.87. The lowest BCUT2D eigenvalue weighted by atomic mass is 10.1. The number of esters is 1. The standard InChI is InChI=1S/C19H14ClF2NO3/c1-2-26-18(24)7-11-10-23(13-5-3-12(21)4-6-13)17-9-15(20)16(22)8-14(17)19(11)25/h3-6,8-10H,2,7H2,1H3. The molecule has 26 heavy (non-hydrogen) atoms. The summed E-state index contributed by atoms with van der Waals surface area (Å²) in [5.41, 5.74) is 0.536. The maximum Gasteiger partial charge on any atom is 0.310 e. The molecule has 4 nitrogen and oxygen atoms in total. The number of halogens is 3. The van der Waals surface area contributed by atoms with E-state index >= 15 is 0 Å². The van der Waals surface area contributed by atoms with Crippen molar-refractivity contribution >= 4 is 28.5 Å². The van der Waals surface area contributed by atoms with Crippen molar-refractivity contribution in [3.8, 4) is 5.69 Å². The normalized spacial score (nSPS) is 10.9. The van der Waals surface area contributed by atoms with Gasteiger partial charge in [-0.2, -0.15) is 0 Å². The lowest BCUT2D eigenvalue weighted by Crippen LogP contribution is -2.19. The SMILES string of the molecule is CCOC(=O)Cc1cn(-c2ccc(F)cc2)c2cc(Cl)c(F)cc2c1=O. The van der Waals surface area contributed by atoms with Crippen LogP contribution < -0.4 is 5.43 Å². The fourth-order valence-electron chi connectivity index (χ4n) is 2.68. The molecule has 0 bridgehead atoms. The number of hydrogen-bond acceptors (Lipinski definition) is 3. The van der Waals surface area contributed by atoms with Crippen LogP contribution in [0.5, 0.6) is 0 Å². The monoisotopic (exact) mass is 377 g/mol. The molecule has 3 aromatic rings. The largest absolute Gasteiger partial charge is 0.466 e. The minimum Gasteiger partial charge on any atom is -0.466 e. The minimum atomic E-state index is -0.741. The van der Waals surface area contributed by atoms with Crippen LogP contribution in [-0.2, 0) is 16.0 Å². The Bertz CT molecular complexity index is 1050. The third-order valence-corrected chi connectivity index (χ3v) is 4.15. The summed E-state index contributed by atoms with van der Waals surface area (Å²) in [6, 6.07) is 7.89. The van der Waals surface area contributed by atoms with E-state index in [0.717, 1.165) is 6.07 Å². The van der Waals surface area contributed by atoms with E-state index in [1.54, 1.807) is 11.5 Å². The zero-order chi connectivity index (χ0) is 18.8. The van der Waals surface area contributed by atoms with Gasteiger partial charge in [0.2, 0.25) is 0 Å². The van der Waals surface area contributed by atoms with E-state index in [0.29, 0.717) is 11.2 Å². The van der Waals surface area contributed by atoms with Gasteiger partial charge in [-0.05, 0) is 43.3 Å². The number of rotatable bonds is 4. The summed E-state index contributed by atoms with van der Waals surface area (Å²) in [5.74, 6) is -1.73. The molecule has 0 saturated carbocycles. The van der Waals surface area contributed by atoms with Gasteiger partial charge >= 0.3 is 5.97 Å². The Hall–Kier alpha value is -2.73. The summed E-state index contributed by atoms with van der Waals surface area (Å²) in [6.07, 6.45) is 1.21. The van der Waals surface area contributed by atoms with Gasteiger partial charge in [0.1, 0.15) is 11.6 Å². The molecule has 0 aliphatic heterocycles. The summed E-state index contributed by atoms with van der Waals surface area (Å²) in [4.78, 5) is 24.5. The van der Waals surface area contributed by atoms with Crippen molar-refractivity contribution in [2.24, 2.45) is 0 Å². The zero-order valence-corrected chi connectivity index (χ0v) is 14.5. The first-order valence-corrected chi connectivity index (χ1v) is 8.23. The van der Waals surface area contributed by atoms with Gasteiger partial charge in [-0.1, -0.05) is 11.6 Å². The second kappa shape index (κ2) is 7.25. The summed E-state index contributed by atoms with van der Waals surface area (Å²) in [7, 11) is 0. The number of aromatic nitrogens is 1. The highest BCUT2D eigenvalue weighted by Gasteiger charge is 2.16. The van der Waals surface area contributed by atoms with Crippen molar-refractivity contribution < 1.29 is 18.3 Å². The Morgan fingerprint density at radius 1 is 1.19 bits per heavy atom. The van der Waals surface area contributed by atoms with E-state index < -0.39 is 23.0 Å². The van der Waals surface area contributed by atoms with Crippen LogP contribution in [0.2, 0.25) is 5.02 Å². The van der Waals surface area contributed by atoms with Crippen molar-refractivity contribution in [2.45, 2.75) is 13.3 Å². The molecule has 0 atom stereocenters. The van der Waals surface area contributed by atoms with Crippen molar-refractivity contribution in [1.82, 2.24) is 4.57 Å². The Morgan fingerprint density at radius 3 is 2.54 bits per heavy atom. The molecule has 1 aromatic heterocycles. The molecule has 0 amide bonds. The Morgan fingerprint density at radius 2 is 1.88 bits per heavy atom. The van der Waals surface area contributed by atoms with Gasteiger partial charge in [0, 0.05) is 22.8 Å². The minimum absolute atomic E-state index is 0.0676. The number of hydrogen-bond donors (Lipinski definition) is 0. The van der Waals surface area contributed by atoms with Crippen molar-refractivity contribution in [1.29, 1.82) is 0 Å². The van der Waals surface area contributed by atoms with Crippen LogP contribution in [-0.4, -0.2) is 17.1 Å². The smallest absolute Gasteiger partial charge is 0.310 e. The molecule has 0 fully saturated rings. The lowest BCUT2D eigenvalue weighted by molar-refractivity contribution is -0.142. The predicted octanol–water partition coefficient (Wildman–Crippen LogP) is 4.03. The number of pyridine rings is 1. The summed E-state index contributed by atoms with van der Waals surface area (Å²) < 4.78 is 33.6. The van der Waals surface area contributed by atoms with E-state index in [2.05, 4.69) is 0 Å². The molecule has 0 aliphatic rings. The molecule has 0 radical (unpaired) electrons. The Kier molecular flexibility index (Phi) is 5.04. The zero-order valence-electron chi connectivity index (χ0n) is 13.8. The highest BCUT2D eigenvalue weighted by molar-refractivity contribution is 6.31. The van der Waals surface area contributed by atoms with Crippen molar-refractivity contribution in [3.63, 3.8) is 0 Å². The van der Waals surface area contributed by atoms with Gasteiger partial charge < -0.3 is 9.30 Å². The number of fused-ring (bicyclic) bond motifs is 1. The van der Waals surface area contributed by atoms with Crippen LogP contribution >= 0.6 is 11.6 Å². The number of ether oxygens (including phenoxy) is 1. The molecule has 3 rings (SSSR count). The molecule has 0 N–H and O–H groups in total. The predicted molar refractivity (Wildman–Crippen MR) is 94.8 cm³/mol.